The van der Waals surface area contributed by atoms with Gasteiger partial charge in [-0.3, -0.25) is 9.59 Å². The number of aryl methyl sites for hydroxylation is 1. The molecular weight excluding hydrogens is 426 g/mol. The van der Waals surface area contributed by atoms with E-state index >= 15 is 0 Å². The lowest BCUT2D eigenvalue weighted by Gasteiger charge is -2.24. The van der Waals surface area contributed by atoms with E-state index in [-0.39, 0.29) is 17.4 Å². The number of imidazole rings is 1. The number of ketones is 1. The molecule has 1 saturated heterocycles. The second kappa shape index (κ2) is 8.27. The maximum Gasteiger partial charge on any atom is 0.295 e. The Balaban J connectivity index is 1.49. The van der Waals surface area contributed by atoms with Crippen LogP contribution in [0.3, 0.4) is 0 Å². The highest BCUT2D eigenvalue weighted by Gasteiger charge is 2.46. The van der Waals surface area contributed by atoms with Crippen molar-refractivity contribution in [3.05, 3.63) is 76.0 Å². The van der Waals surface area contributed by atoms with Crippen LogP contribution in [0.2, 0.25) is 0 Å². The first-order chi connectivity index (χ1) is 15.5. The number of ether oxygens (including phenoxy) is 1. The Morgan fingerprint density at radius 2 is 2.16 bits per heavy atom. The highest BCUT2D eigenvalue weighted by atomic mass is 32.1. The van der Waals surface area contributed by atoms with E-state index in [0.717, 1.165) is 22.6 Å². The number of carbonyl (C=O) groups is 2. The molecule has 1 aromatic carbocycles. The minimum atomic E-state index is -0.645. The number of hydrogen-bond donors (Lipinski definition) is 1. The minimum absolute atomic E-state index is 0.0783. The van der Waals surface area contributed by atoms with Gasteiger partial charge in [0.2, 0.25) is 0 Å². The smallest absolute Gasteiger partial charge is 0.295 e. The van der Waals surface area contributed by atoms with Gasteiger partial charge < -0.3 is 19.3 Å². The fourth-order valence-electron chi connectivity index (χ4n) is 4.42. The fourth-order valence-corrected chi connectivity index (χ4v) is 5.27. The molecule has 4 heterocycles. The Morgan fingerprint density at radius 1 is 1.28 bits per heavy atom. The van der Waals surface area contributed by atoms with Crippen LogP contribution in [0.25, 0.3) is 5.76 Å². The Bertz CT molecular complexity index is 1180. The number of aliphatic hydroxyl groups is 1. The molecule has 0 radical (unpaired) electrons. The lowest BCUT2D eigenvalue weighted by Crippen LogP contribution is -2.31. The molecule has 2 unspecified atom stereocenters. The third-order valence-electron chi connectivity index (χ3n) is 5.90. The molecule has 1 N–H and O–H groups in total. The molecule has 2 aromatic heterocycles. The molecule has 2 atom stereocenters. The van der Waals surface area contributed by atoms with E-state index in [1.807, 2.05) is 47.3 Å². The summed E-state index contributed by atoms with van der Waals surface area (Å²) in [6, 6.07) is 8.60. The number of Topliss-reactive ketones (excluding diaryl/α,β-unsaturated/α-hetero) is 1. The maximum atomic E-state index is 13.1. The number of nitrogens with zero attached hydrogens (tertiary/aromatic N) is 3. The summed E-state index contributed by atoms with van der Waals surface area (Å²) in [6.07, 6.45) is 6.79. The first kappa shape index (κ1) is 20.5. The van der Waals surface area contributed by atoms with Gasteiger partial charge in [-0.1, -0.05) is 6.07 Å². The minimum Gasteiger partial charge on any atom is -0.507 e. The third-order valence-corrected chi connectivity index (χ3v) is 6.82. The van der Waals surface area contributed by atoms with E-state index in [4.69, 9.17) is 4.74 Å². The molecule has 0 bridgehead atoms. The fraction of sp³-hybridized carbons (Fsp3) is 0.292. The molecule has 2 aliphatic heterocycles. The molecule has 7 nitrogen and oxygen atoms in total. The number of aromatic nitrogens is 2. The summed E-state index contributed by atoms with van der Waals surface area (Å²) >= 11 is 1.47. The van der Waals surface area contributed by atoms with E-state index in [1.54, 1.807) is 23.5 Å². The number of thiophene rings is 1. The van der Waals surface area contributed by atoms with Crippen LogP contribution in [-0.2, 0) is 22.6 Å². The molecular formula is C24H23N3O4S. The number of aliphatic hydroxyl groups excluding tert-OH is 1. The highest BCUT2D eigenvalue weighted by molar-refractivity contribution is 7.10. The zero-order valence-corrected chi connectivity index (χ0v) is 18.4. The number of fused-ring (bicyclic) bond motifs is 1. The van der Waals surface area contributed by atoms with Gasteiger partial charge in [-0.25, -0.2) is 4.98 Å². The van der Waals surface area contributed by atoms with Gasteiger partial charge >= 0.3 is 0 Å². The zero-order valence-electron chi connectivity index (χ0n) is 17.6. The van der Waals surface area contributed by atoms with Gasteiger partial charge in [0.15, 0.2) is 0 Å². The van der Waals surface area contributed by atoms with Crippen LogP contribution in [0.5, 0.6) is 5.75 Å². The maximum absolute atomic E-state index is 13.1. The van der Waals surface area contributed by atoms with E-state index < -0.39 is 17.7 Å². The van der Waals surface area contributed by atoms with Gasteiger partial charge in [-0.2, -0.15) is 0 Å². The van der Waals surface area contributed by atoms with Gasteiger partial charge in [-0.15, -0.1) is 11.3 Å². The summed E-state index contributed by atoms with van der Waals surface area (Å²) in [7, 11) is 0. The van der Waals surface area contributed by atoms with Crippen LogP contribution in [0.4, 0.5) is 0 Å². The second-order valence-corrected chi connectivity index (χ2v) is 9.10. The van der Waals surface area contributed by atoms with E-state index in [9.17, 15) is 14.7 Å². The summed E-state index contributed by atoms with van der Waals surface area (Å²) in [6.45, 7) is 3.08. The monoisotopic (exact) mass is 449 g/mol. The number of benzene rings is 1. The summed E-state index contributed by atoms with van der Waals surface area (Å²) in [4.78, 5) is 32.5. The highest BCUT2D eigenvalue weighted by Crippen LogP contribution is 2.42. The number of rotatable bonds is 6. The molecule has 5 rings (SSSR count). The molecule has 3 aromatic rings. The first-order valence-corrected chi connectivity index (χ1v) is 11.5. The van der Waals surface area contributed by atoms with Crippen molar-refractivity contribution in [3.63, 3.8) is 0 Å². The first-order valence-electron chi connectivity index (χ1n) is 10.6. The molecule has 0 aliphatic carbocycles. The van der Waals surface area contributed by atoms with Crippen LogP contribution >= 0.6 is 11.3 Å². The number of likely N-dealkylation sites (tertiary alicyclic amines) is 1. The van der Waals surface area contributed by atoms with Crippen molar-refractivity contribution in [1.82, 2.24) is 14.5 Å². The molecule has 32 heavy (non-hydrogen) atoms. The molecule has 1 amide bonds. The number of amides is 1. The Labute approximate surface area is 189 Å². The third kappa shape index (κ3) is 3.60. The van der Waals surface area contributed by atoms with Crippen LogP contribution in [0.15, 0.2) is 60.0 Å². The predicted molar refractivity (Wildman–Crippen MR) is 120 cm³/mol. The van der Waals surface area contributed by atoms with Gasteiger partial charge in [-0.05, 0) is 48.6 Å². The molecule has 0 spiro atoms. The predicted octanol–water partition coefficient (Wildman–Crippen LogP) is 3.78. The van der Waals surface area contributed by atoms with Crippen molar-refractivity contribution in [1.29, 1.82) is 0 Å². The second-order valence-electron chi connectivity index (χ2n) is 8.12. The Kier molecular flexibility index (Phi) is 5.30. The standard InChI is InChI=1S/C24H23N3O4S/c1-15-12-17-13-16(5-6-18(17)31-15)22(28)20-21(19-4-2-11-32-19)27(24(30)23(20)29)9-3-8-26-10-7-25-14-26/h2,4-7,10-11,13-15,21,28H,3,8-9,12H2,1H3/b22-20+. The normalized spacial score (nSPS) is 21.7. The molecule has 2 aliphatic rings. The van der Waals surface area contributed by atoms with Crippen molar-refractivity contribution >= 4 is 28.8 Å². The van der Waals surface area contributed by atoms with Crippen LogP contribution in [-0.4, -0.2) is 43.9 Å². The summed E-state index contributed by atoms with van der Waals surface area (Å²) in [5, 5.41) is 13.1. The van der Waals surface area contributed by atoms with Crippen molar-refractivity contribution in [2.75, 3.05) is 6.54 Å². The van der Waals surface area contributed by atoms with Gasteiger partial charge in [0, 0.05) is 42.3 Å². The van der Waals surface area contributed by atoms with Gasteiger partial charge in [0.05, 0.1) is 17.9 Å². The molecule has 1 fully saturated rings. The lowest BCUT2D eigenvalue weighted by atomic mass is 9.98. The van der Waals surface area contributed by atoms with Crippen LogP contribution < -0.4 is 4.74 Å². The van der Waals surface area contributed by atoms with E-state index in [2.05, 4.69) is 4.98 Å². The number of hydrogen-bond acceptors (Lipinski definition) is 6. The van der Waals surface area contributed by atoms with Crippen molar-refractivity contribution in [2.24, 2.45) is 0 Å². The average Bonchev–Trinajstić information content (AvgIpc) is 3.57. The van der Waals surface area contributed by atoms with Crippen LogP contribution in [0, 0.1) is 0 Å². The van der Waals surface area contributed by atoms with Crippen molar-refractivity contribution < 1.29 is 19.4 Å². The Morgan fingerprint density at radius 3 is 2.91 bits per heavy atom. The van der Waals surface area contributed by atoms with Crippen LogP contribution in [0.1, 0.15) is 35.4 Å². The van der Waals surface area contributed by atoms with Crippen molar-refractivity contribution in [2.45, 2.75) is 38.5 Å². The zero-order chi connectivity index (χ0) is 22.2. The van der Waals surface area contributed by atoms with E-state index in [0.29, 0.717) is 25.1 Å². The molecule has 8 heteroatoms. The largest absolute Gasteiger partial charge is 0.507 e. The SMILES string of the molecule is CC1Cc2cc(/C(O)=C3\C(=O)C(=O)N(CCCn4ccnc4)C3c3cccs3)ccc2O1. The molecule has 164 valence electrons. The summed E-state index contributed by atoms with van der Waals surface area (Å²) < 4.78 is 7.68. The summed E-state index contributed by atoms with van der Waals surface area (Å²) in [5.74, 6) is -0.563. The Hall–Kier alpha value is -3.39. The van der Waals surface area contributed by atoms with E-state index in [1.165, 1.54) is 11.3 Å². The quantitative estimate of drug-likeness (QED) is 0.352. The topological polar surface area (TPSA) is 84.7 Å². The van der Waals surface area contributed by atoms with Crippen molar-refractivity contribution in [3.8, 4) is 5.75 Å². The van der Waals surface area contributed by atoms with Gasteiger partial charge in [0.25, 0.3) is 11.7 Å². The lowest BCUT2D eigenvalue weighted by molar-refractivity contribution is -0.139. The molecule has 0 saturated carbocycles. The number of carbonyl (C=O) groups excluding carboxylic acids is 2. The average molecular weight is 450 g/mol. The van der Waals surface area contributed by atoms with Gasteiger partial charge in [0.1, 0.15) is 17.6 Å². The summed E-state index contributed by atoms with van der Waals surface area (Å²) in [5.41, 5.74) is 1.66.